The van der Waals surface area contributed by atoms with Gasteiger partial charge < -0.3 is 0 Å². The van der Waals surface area contributed by atoms with E-state index < -0.39 is 8.07 Å². The van der Waals surface area contributed by atoms with Gasteiger partial charge in [-0.3, -0.25) is 0 Å². The highest BCUT2D eigenvalue weighted by molar-refractivity contribution is 6.82. The Balaban J connectivity index is 1.59. The summed E-state index contributed by atoms with van der Waals surface area (Å²) in [6, 6.07) is 0. The van der Waals surface area contributed by atoms with E-state index in [1.807, 2.05) is 0 Å². The maximum Gasteiger partial charge on any atom is 0.0699 e. The molecule has 0 saturated heterocycles. The van der Waals surface area contributed by atoms with Crippen LogP contribution in [0.25, 0.3) is 0 Å². The summed E-state index contributed by atoms with van der Waals surface area (Å²) in [5.41, 5.74) is 8.40. The van der Waals surface area contributed by atoms with E-state index in [9.17, 15) is 0 Å². The van der Waals surface area contributed by atoms with Crippen LogP contribution in [0.1, 0.15) is 51.4 Å². The van der Waals surface area contributed by atoms with Crippen LogP contribution in [0.3, 0.4) is 0 Å². The van der Waals surface area contributed by atoms with E-state index in [0.29, 0.717) is 0 Å². The van der Waals surface area contributed by atoms with Gasteiger partial charge in [-0.1, -0.05) is 43.8 Å². The predicted octanol–water partition coefficient (Wildman–Crippen LogP) is 6.32. The summed E-state index contributed by atoms with van der Waals surface area (Å²) in [6.45, 7) is 5.24. The first-order valence-electron chi connectivity index (χ1n) is 8.98. The molecule has 0 nitrogen and oxygen atoms in total. The van der Waals surface area contributed by atoms with Gasteiger partial charge in [0.2, 0.25) is 0 Å². The molecule has 112 valence electrons. The van der Waals surface area contributed by atoms with Gasteiger partial charge in [0, 0.05) is 0 Å². The standard InChI is InChI=1S/C20H28Si/c1-21(2,20-13-17-9-6-10-18(17)14-20)19-11-15-7-4-3-5-8-16(15)12-19/h11-14,19-20H,3-10H2,1-2H3. The van der Waals surface area contributed by atoms with E-state index in [2.05, 4.69) is 37.4 Å². The number of fused-ring (bicyclic) bond motifs is 2. The van der Waals surface area contributed by atoms with Crippen LogP contribution < -0.4 is 0 Å². The minimum Gasteiger partial charge on any atom is -0.0768 e. The molecular formula is C20H28Si. The van der Waals surface area contributed by atoms with Crippen molar-refractivity contribution in [1.82, 2.24) is 0 Å². The Morgan fingerprint density at radius 1 is 0.619 bits per heavy atom. The lowest BCUT2D eigenvalue weighted by Gasteiger charge is -2.32. The monoisotopic (exact) mass is 296 g/mol. The number of hydrogen-bond donors (Lipinski definition) is 0. The SMILES string of the molecule is C[Si](C)(C1C=C2CCCCCC2=C1)C1C=C2CCCC2=C1. The van der Waals surface area contributed by atoms with E-state index in [-0.39, 0.29) is 0 Å². The highest BCUT2D eigenvalue weighted by atomic mass is 28.3. The molecule has 21 heavy (non-hydrogen) atoms. The van der Waals surface area contributed by atoms with Crippen LogP contribution in [0, 0.1) is 0 Å². The largest absolute Gasteiger partial charge is 0.0768 e. The first kappa shape index (κ1) is 13.8. The zero-order chi connectivity index (χ0) is 14.4. The highest BCUT2D eigenvalue weighted by Gasteiger charge is 2.40. The average Bonchev–Trinajstić information content (AvgIpc) is 3.10. The van der Waals surface area contributed by atoms with Crippen molar-refractivity contribution >= 4 is 8.07 Å². The van der Waals surface area contributed by atoms with Gasteiger partial charge in [-0.15, -0.1) is 0 Å². The first-order chi connectivity index (χ1) is 10.1. The fraction of sp³-hybridized carbons (Fsp3) is 0.600. The van der Waals surface area contributed by atoms with Crippen molar-refractivity contribution < 1.29 is 0 Å². The lowest BCUT2D eigenvalue weighted by molar-refractivity contribution is 0.717. The summed E-state index contributed by atoms with van der Waals surface area (Å²) >= 11 is 0. The maximum atomic E-state index is 2.68. The number of rotatable bonds is 2. The molecule has 1 heteroatoms. The van der Waals surface area contributed by atoms with E-state index in [1.165, 1.54) is 51.4 Å². The van der Waals surface area contributed by atoms with Crippen LogP contribution in [0.2, 0.25) is 24.2 Å². The van der Waals surface area contributed by atoms with Gasteiger partial charge >= 0.3 is 0 Å². The topological polar surface area (TPSA) is 0 Å². The summed E-state index contributed by atoms with van der Waals surface area (Å²) in [7, 11) is -1.31. The van der Waals surface area contributed by atoms with Crippen molar-refractivity contribution in [2.24, 2.45) is 0 Å². The molecule has 0 aromatic heterocycles. The molecule has 0 N–H and O–H groups in total. The number of hydrogen-bond acceptors (Lipinski definition) is 0. The van der Waals surface area contributed by atoms with E-state index in [1.54, 1.807) is 22.3 Å². The van der Waals surface area contributed by atoms with Crippen molar-refractivity contribution in [3.63, 3.8) is 0 Å². The maximum absolute atomic E-state index is 2.68. The van der Waals surface area contributed by atoms with Crippen LogP contribution in [0.5, 0.6) is 0 Å². The van der Waals surface area contributed by atoms with Crippen molar-refractivity contribution in [2.75, 3.05) is 0 Å². The lowest BCUT2D eigenvalue weighted by atomic mass is 10.1. The lowest BCUT2D eigenvalue weighted by Crippen LogP contribution is -2.34. The van der Waals surface area contributed by atoms with Gasteiger partial charge in [0.25, 0.3) is 0 Å². The fourth-order valence-corrected chi connectivity index (χ4v) is 7.69. The smallest absolute Gasteiger partial charge is 0.0699 e. The van der Waals surface area contributed by atoms with Gasteiger partial charge in [-0.05, 0) is 78.3 Å². The molecule has 4 aliphatic carbocycles. The van der Waals surface area contributed by atoms with Gasteiger partial charge in [-0.25, -0.2) is 0 Å². The second kappa shape index (κ2) is 5.12. The van der Waals surface area contributed by atoms with Crippen LogP contribution in [-0.4, -0.2) is 8.07 Å². The third-order valence-corrected chi connectivity index (χ3v) is 10.5. The van der Waals surface area contributed by atoms with Crippen LogP contribution in [0.15, 0.2) is 46.6 Å². The van der Waals surface area contributed by atoms with E-state index in [4.69, 9.17) is 0 Å². The second-order valence-corrected chi connectivity index (χ2v) is 13.0. The third-order valence-electron chi connectivity index (χ3n) is 6.35. The van der Waals surface area contributed by atoms with Crippen molar-refractivity contribution in [2.45, 2.75) is 75.5 Å². The average molecular weight is 297 g/mol. The molecule has 0 radical (unpaired) electrons. The molecule has 0 aromatic carbocycles. The van der Waals surface area contributed by atoms with Gasteiger partial charge in [-0.2, -0.15) is 0 Å². The van der Waals surface area contributed by atoms with Crippen LogP contribution >= 0.6 is 0 Å². The molecule has 2 fully saturated rings. The summed E-state index contributed by atoms with van der Waals surface area (Å²) in [6.07, 6.45) is 21.7. The van der Waals surface area contributed by atoms with Gasteiger partial charge in [0.05, 0.1) is 8.07 Å². The molecule has 0 bridgehead atoms. The molecule has 0 aromatic rings. The normalized spacial score (nSPS) is 26.8. The summed E-state index contributed by atoms with van der Waals surface area (Å²) in [5, 5.41) is 0. The van der Waals surface area contributed by atoms with Gasteiger partial charge in [0.1, 0.15) is 0 Å². The molecule has 4 aliphatic rings. The van der Waals surface area contributed by atoms with Crippen molar-refractivity contribution in [3.05, 3.63) is 46.6 Å². The van der Waals surface area contributed by atoms with E-state index >= 15 is 0 Å². The minimum absolute atomic E-state index is 0.776. The number of allylic oxidation sites excluding steroid dienone is 8. The van der Waals surface area contributed by atoms with Gasteiger partial charge in [0.15, 0.2) is 0 Å². The van der Waals surface area contributed by atoms with Crippen LogP contribution in [0.4, 0.5) is 0 Å². The summed E-state index contributed by atoms with van der Waals surface area (Å²) in [5.74, 6) is 0. The molecular weight excluding hydrogens is 268 g/mol. The second-order valence-electron chi connectivity index (χ2n) is 8.05. The molecule has 4 rings (SSSR count). The molecule has 0 heterocycles. The zero-order valence-corrected chi connectivity index (χ0v) is 14.6. The molecule has 0 spiro atoms. The van der Waals surface area contributed by atoms with Crippen LogP contribution in [-0.2, 0) is 0 Å². The Kier molecular flexibility index (Phi) is 3.37. The molecule has 2 saturated carbocycles. The van der Waals surface area contributed by atoms with Crippen molar-refractivity contribution in [3.8, 4) is 0 Å². The quantitative estimate of drug-likeness (QED) is 0.523. The molecule has 0 aliphatic heterocycles. The van der Waals surface area contributed by atoms with E-state index in [0.717, 1.165) is 11.1 Å². The minimum atomic E-state index is -1.31. The molecule has 0 unspecified atom stereocenters. The summed E-state index contributed by atoms with van der Waals surface area (Å²) in [4.78, 5) is 0. The summed E-state index contributed by atoms with van der Waals surface area (Å²) < 4.78 is 0. The first-order valence-corrected chi connectivity index (χ1v) is 12.1. The zero-order valence-electron chi connectivity index (χ0n) is 13.6. The Labute approximate surface area is 130 Å². The molecule has 0 atom stereocenters. The Hall–Kier alpha value is -0.823. The Morgan fingerprint density at radius 3 is 1.43 bits per heavy atom. The predicted molar refractivity (Wildman–Crippen MR) is 94.3 cm³/mol. The Bertz CT molecular complexity index is 529. The fourth-order valence-electron chi connectivity index (χ4n) is 4.73. The molecule has 0 amide bonds. The highest BCUT2D eigenvalue weighted by Crippen LogP contribution is 2.50. The third kappa shape index (κ3) is 2.34. The van der Waals surface area contributed by atoms with Crippen molar-refractivity contribution in [1.29, 1.82) is 0 Å². The Morgan fingerprint density at radius 2 is 1.00 bits per heavy atom.